The molecule has 2 aromatic heterocycles. The van der Waals surface area contributed by atoms with Crippen LogP contribution in [-0.4, -0.2) is 18.9 Å². The van der Waals surface area contributed by atoms with Gasteiger partial charge in [-0.2, -0.15) is 0 Å². The minimum absolute atomic E-state index is 0.117. The predicted molar refractivity (Wildman–Crippen MR) is 88.1 cm³/mol. The van der Waals surface area contributed by atoms with Crippen molar-refractivity contribution in [2.45, 2.75) is 51.2 Å². The van der Waals surface area contributed by atoms with Crippen molar-refractivity contribution in [2.75, 3.05) is 0 Å². The van der Waals surface area contributed by atoms with Crippen molar-refractivity contribution in [3.63, 3.8) is 0 Å². The maximum atomic E-state index is 11.7. The lowest BCUT2D eigenvalue weighted by molar-refractivity contribution is 0.0857. The first kappa shape index (κ1) is 19.2. The monoisotopic (exact) mass is 340 g/mol. The number of Topliss-reactive ketones (excluding diaryl/α,β-unsaturated/α-hetero) is 1. The van der Waals surface area contributed by atoms with Crippen molar-refractivity contribution in [3.05, 3.63) is 42.7 Å². The highest BCUT2D eigenvalue weighted by atomic mass is 32.2. The fourth-order valence-corrected chi connectivity index (χ4v) is 2.71. The summed E-state index contributed by atoms with van der Waals surface area (Å²) in [4.78, 5) is 11.7. The van der Waals surface area contributed by atoms with E-state index in [4.69, 9.17) is 8.83 Å². The van der Waals surface area contributed by atoms with Crippen molar-refractivity contribution in [1.29, 1.82) is 0 Å². The van der Waals surface area contributed by atoms with Gasteiger partial charge in [0.25, 0.3) is 0 Å². The Hall–Kier alpha value is -1.82. The SMILES string of the molecule is CC(C)(C)C(=O)c1ccoc1.CC(C)(C)S(=O)(=O)c1ccoc1. The van der Waals surface area contributed by atoms with Crippen LogP contribution in [0.25, 0.3) is 0 Å². The highest BCUT2D eigenvalue weighted by Gasteiger charge is 2.31. The lowest BCUT2D eigenvalue weighted by Gasteiger charge is -2.17. The zero-order valence-corrected chi connectivity index (χ0v) is 15.2. The minimum atomic E-state index is -3.23. The van der Waals surface area contributed by atoms with Crippen LogP contribution in [0.5, 0.6) is 0 Å². The Bertz CT molecular complexity index is 709. The van der Waals surface area contributed by atoms with E-state index < -0.39 is 14.6 Å². The normalized spacial score (nSPS) is 12.4. The second kappa shape index (κ2) is 6.74. The molecule has 0 aliphatic rings. The molecule has 23 heavy (non-hydrogen) atoms. The van der Waals surface area contributed by atoms with E-state index >= 15 is 0 Å². The summed E-state index contributed by atoms with van der Waals surface area (Å²) in [7, 11) is -3.23. The van der Waals surface area contributed by atoms with Gasteiger partial charge < -0.3 is 8.83 Å². The molecule has 0 aliphatic carbocycles. The van der Waals surface area contributed by atoms with E-state index in [2.05, 4.69) is 0 Å². The Balaban J connectivity index is 0.000000231. The number of ketones is 1. The van der Waals surface area contributed by atoms with E-state index in [0.717, 1.165) is 0 Å². The molecule has 2 aromatic rings. The van der Waals surface area contributed by atoms with Crippen LogP contribution < -0.4 is 0 Å². The van der Waals surface area contributed by atoms with Gasteiger partial charge in [0.2, 0.25) is 0 Å². The fraction of sp³-hybridized carbons (Fsp3) is 0.471. The van der Waals surface area contributed by atoms with E-state index in [0.29, 0.717) is 5.56 Å². The third-order valence-corrected chi connectivity index (χ3v) is 5.54. The second-order valence-corrected chi connectivity index (χ2v) is 9.87. The molecule has 0 saturated carbocycles. The van der Waals surface area contributed by atoms with Gasteiger partial charge in [-0.15, -0.1) is 0 Å². The summed E-state index contributed by atoms with van der Waals surface area (Å²) in [5, 5.41) is 0. The van der Waals surface area contributed by atoms with Crippen LogP contribution >= 0.6 is 0 Å². The third-order valence-electron chi connectivity index (χ3n) is 3.08. The average molecular weight is 340 g/mol. The Morgan fingerprint density at radius 3 is 1.78 bits per heavy atom. The van der Waals surface area contributed by atoms with Crippen LogP contribution in [0.4, 0.5) is 0 Å². The van der Waals surface area contributed by atoms with Gasteiger partial charge in [0.05, 0.1) is 22.8 Å². The Labute approximate surface area is 137 Å². The average Bonchev–Trinajstić information content (AvgIpc) is 3.10. The summed E-state index contributed by atoms with van der Waals surface area (Å²) in [5.41, 5.74) is 0.335. The predicted octanol–water partition coefficient (Wildman–Crippen LogP) is 4.36. The summed E-state index contributed by atoms with van der Waals surface area (Å²) < 4.78 is 32.1. The molecule has 0 radical (unpaired) electrons. The highest BCUT2D eigenvalue weighted by Crippen LogP contribution is 2.24. The Morgan fingerprint density at radius 1 is 0.913 bits per heavy atom. The molecular weight excluding hydrogens is 316 g/mol. The molecule has 0 N–H and O–H groups in total. The number of sulfone groups is 1. The molecule has 0 aliphatic heterocycles. The van der Waals surface area contributed by atoms with E-state index in [-0.39, 0.29) is 16.1 Å². The summed E-state index contributed by atoms with van der Waals surface area (Å²) in [6.07, 6.45) is 5.60. The highest BCUT2D eigenvalue weighted by molar-refractivity contribution is 7.92. The topological polar surface area (TPSA) is 77.5 Å². The van der Waals surface area contributed by atoms with Gasteiger partial charge >= 0.3 is 0 Å². The molecule has 0 atom stereocenters. The van der Waals surface area contributed by atoms with Gasteiger partial charge in [-0.1, -0.05) is 20.8 Å². The van der Waals surface area contributed by atoms with Crippen molar-refractivity contribution in [1.82, 2.24) is 0 Å². The van der Waals surface area contributed by atoms with Crippen molar-refractivity contribution in [2.24, 2.45) is 5.41 Å². The Kier molecular flexibility index (Phi) is 5.64. The van der Waals surface area contributed by atoms with Gasteiger partial charge in [0.1, 0.15) is 17.4 Å². The summed E-state index contributed by atoms with van der Waals surface area (Å²) >= 11 is 0. The molecule has 128 valence electrons. The van der Waals surface area contributed by atoms with Crippen LogP contribution in [0, 0.1) is 5.41 Å². The maximum absolute atomic E-state index is 11.7. The molecule has 2 rings (SSSR count). The zero-order chi connectivity index (χ0) is 17.9. The van der Waals surface area contributed by atoms with Crippen LogP contribution in [-0.2, 0) is 9.84 Å². The standard InChI is InChI=1S/C9H12O2.C8H12O3S/c1-9(2,3)8(10)7-4-5-11-6-7;1-8(2,3)12(9,10)7-4-5-11-6-7/h4-6H,1-3H3;4-6H,1-3H3. The van der Waals surface area contributed by atoms with Gasteiger partial charge in [-0.3, -0.25) is 4.79 Å². The second-order valence-electron chi connectivity index (χ2n) is 7.17. The third kappa shape index (κ3) is 4.82. The molecule has 0 fully saturated rings. The molecule has 6 heteroatoms. The van der Waals surface area contributed by atoms with Crippen LogP contribution in [0.3, 0.4) is 0 Å². The number of carbonyl (C=O) groups is 1. The molecular formula is C17H24O5S. The number of rotatable bonds is 2. The summed E-state index contributed by atoms with van der Waals surface area (Å²) in [6.45, 7) is 10.7. The molecule has 0 unspecified atom stereocenters. The lowest BCUT2D eigenvalue weighted by Crippen LogP contribution is -2.27. The van der Waals surface area contributed by atoms with Crippen molar-refractivity contribution < 1.29 is 22.0 Å². The molecule has 2 heterocycles. The molecule has 0 spiro atoms. The van der Waals surface area contributed by atoms with E-state index in [9.17, 15) is 13.2 Å². The quantitative estimate of drug-likeness (QED) is 0.759. The summed E-state index contributed by atoms with van der Waals surface area (Å²) in [5.74, 6) is 0.117. The smallest absolute Gasteiger partial charge is 0.186 e. The first-order valence-electron chi connectivity index (χ1n) is 7.21. The van der Waals surface area contributed by atoms with Gasteiger partial charge in [-0.05, 0) is 32.9 Å². The Morgan fingerprint density at radius 2 is 1.43 bits per heavy atom. The van der Waals surface area contributed by atoms with E-state index in [1.165, 1.54) is 31.1 Å². The molecule has 0 bridgehead atoms. The first-order chi connectivity index (χ1) is 10.4. The van der Waals surface area contributed by atoms with E-state index in [1.54, 1.807) is 26.8 Å². The largest absolute Gasteiger partial charge is 0.472 e. The number of furan rings is 2. The van der Waals surface area contributed by atoms with Gasteiger partial charge in [-0.25, -0.2) is 8.42 Å². The molecule has 5 nitrogen and oxygen atoms in total. The summed E-state index contributed by atoms with van der Waals surface area (Å²) in [6, 6.07) is 3.15. The van der Waals surface area contributed by atoms with Crippen LogP contribution in [0.15, 0.2) is 50.9 Å². The number of hydrogen-bond donors (Lipinski definition) is 0. The number of hydrogen-bond acceptors (Lipinski definition) is 5. The maximum Gasteiger partial charge on any atom is 0.186 e. The molecule has 0 amide bonds. The first-order valence-corrected chi connectivity index (χ1v) is 8.69. The van der Waals surface area contributed by atoms with Gasteiger partial charge in [0.15, 0.2) is 15.6 Å². The zero-order valence-electron chi connectivity index (χ0n) is 14.4. The van der Waals surface area contributed by atoms with Crippen LogP contribution in [0.2, 0.25) is 0 Å². The minimum Gasteiger partial charge on any atom is -0.472 e. The van der Waals surface area contributed by atoms with Crippen molar-refractivity contribution in [3.8, 4) is 0 Å². The van der Waals surface area contributed by atoms with Gasteiger partial charge in [0, 0.05) is 5.41 Å². The van der Waals surface area contributed by atoms with E-state index in [1.807, 2.05) is 20.8 Å². The van der Waals surface area contributed by atoms with Crippen molar-refractivity contribution >= 4 is 15.6 Å². The molecule has 0 aromatic carbocycles. The lowest BCUT2D eigenvalue weighted by atomic mass is 9.88. The molecule has 0 saturated heterocycles. The fourth-order valence-electron chi connectivity index (χ4n) is 1.59. The number of carbonyl (C=O) groups excluding carboxylic acids is 1. The van der Waals surface area contributed by atoms with Crippen LogP contribution in [0.1, 0.15) is 51.9 Å².